The third kappa shape index (κ3) is 5.03. The second-order valence-corrected chi connectivity index (χ2v) is 10.6. The average Bonchev–Trinajstić information content (AvgIpc) is 3.19. The van der Waals surface area contributed by atoms with Crippen LogP contribution < -0.4 is 10.6 Å². The summed E-state index contributed by atoms with van der Waals surface area (Å²) in [5, 5.41) is 16.9. The molecule has 0 saturated carbocycles. The van der Waals surface area contributed by atoms with Crippen LogP contribution >= 0.6 is 11.3 Å². The van der Waals surface area contributed by atoms with Gasteiger partial charge in [0.2, 0.25) is 0 Å². The molecule has 0 bridgehead atoms. The van der Waals surface area contributed by atoms with E-state index in [0.29, 0.717) is 11.4 Å². The van der Waals surface area contributed by atoms with E-state index in [-0.39, 0.29) is 23.3 Å². The molecule has 176 valence electrons. The van der Waals surface area contributed by atoms with Gasteiger partial charge in [0.25, 0.3) is 5.91 Å². The summed E-state index contributed by atoms with van der Waals surface area (Å²) in [6.45, 7) is 8.38. The first-order chi connectivity index (χ1) is 15.9. The maximum absolute atomic E-state index is 12.9. The lowest BCUT2D eigenvalue weighted by molar-refractivity contribution is 0.0544. The standard InChI is InChI=1S/C25H32N4O3S/c1-17-19-21(26-14-25(9-11-32-12-10-25)18-7-5-4-6-8-18)28-16-29-23(19)33-20(17)22(31)27-13-24(2,3)15-30/h4-8,16,30H,9-15H2,1-3H3,(H,27,31)(H,26,28,29). The van der Waals surface area contributed by atoms with Crippen LogP contribution in [0, 0.1) is 12.3 Å². The molecule has 0 unspecified atom stereocenters. The average molecular weight is 469 g/mol. The highest BCUT2D eigenvalue weighted by Crippen LogP contribution is 2.37. The number of rotatable bonds is 8. The number of hydrogen-bond acceptors (Lipinski definition) is 7. The maximum atomic E-state index is 12.9. The van der Waals surface area contributed by atoms with Gasteiger partial charge in [0.1, 0.15) is 17.0 Å². The SMILES string of the molecule is Cc1c(C(=O)NCC(C)(C)CO)sc2ncnc(NCC3(c4ccccc4)CCOCC3)c12. The van der Waals surface area contributed by atoms with E-state index in [4.69, 9.17) is 4.74 Å². The van der Waals surface area contributed by atoms with Gasteiger partial charge in [0, 0.05) is 43.7 Å². The van der Waals surface area contributed by atoms with Crippen molar-refractivity contribution < 1.29 is 14.6 Å². The van der Waals surface area contributed by atoms with Gasteiger partial charge in [-0.25, -0.2) is 9.97 Å². The number of ether oxygens (including phenoxy) is 1. The monoisotopic (exact) mass is 468 g/mol. The Labute approximate surface area is 198 Å². The summed E-state index contributed by atoms with van der Waals surface area (Å²) in [5.74, 6) is 0.610. The summed E-state index contributed by atoms with van der Waals surface area (Å²) >= 11 is 1.38. The lowest BCUT2D eigenvalue weighted by Crippen LogP contribution is -2.40. The molecule has 0 atom stereocenters. The topological polar surface area (TPSA) is 96.4 Å². The van der Waals surface area contributed by atoms with Crippen LogP contribution in [0.5, 0.6) is 0 Å². The van der Waals surface area contributed by atoms with Crippen LogP contribution in [0.2, 0.25) is 0 Å². The Balaban J connectivity index is 1.59. The van der Waals surface area contributed by atoms with Crippen LogP contribution in [0.15, 0.2) is 36.7 Å². The van der Waals surface area contributed by atoms with Gasteiger partial charge < -0.3 is 20.5 Å². The third-order valence-electron chi connectivity index (χ3n) is 6.52. The molecule has 4 rings (SSSR count). The number of aromatic nitrogens is 2. The number of nitrogens with zero attached hydrogens (tertiary/aromatic N) is 2. The molecule has 3 aromatic rings. The molecular formula is C25H32N4O3S. The van der Waals surface area contributed by atoms with Crippen LogP contribution in [0.1, 0.15) is 47.5 Å². The van der Waals surface area contributed by atoms with Crippen molar-refractivity contribution in [2.24, 2.45) is 5.41 Å². The van der Waals surface area contributed by atoms with E-state index in [9.17, 15) is 9.90 Å². The minimum atomic E-state index is -0.373. The highest BCUT2D eigenvalue weighted by atomic mass is 32.1. The fourth-order valence-electron chi connectivity index (χ4n) is 4.25. The van der Waals surface area contributed by atoms with E-state index < -0.39 is 0 Å². The first-order valence-electron chi connectivity index (χ1n) is 11.4. The number of nitrogens with one attached hydrogen (secondary N) is 2. The van der Waals surface area contributed by atoms with Crippen LogP contribution in [0.25, 0.3) is 10.2 Å². The van der Waals surface area contributed by atoms with E-state index in [1.807, 2.05) is 26.8 Å². The number of aliphatic hydroxyl groups excluding tert-OH is 1. The zero-order valence-electron chi connectivity index (χ0n) is 19.5. The first-order valence-corrected chi connectivity index (χ1v) is 12.2. The van der Waals surface area contributed by atoms with Gasteiger partial charge in [-0.1, -0.05) is 44.2 Å². The Bertz CT molecular complexity index is 1110. The molecule has 8 heteroatoms. The molecule has 3 heterocycles. The summed E-state index contributed by atoms with van der Waals surface area (Å²) in [6.07, 6.45) is 3.43. The number of carbonyl (C=O) groups is 1. The number of carbonyl (C=O) groups excluding carboxylic acids is 1. The van der Waals surface area contributed by atoms with E-state index in [2.05, 4.69) is 44.9 Å². The number of amides is 1. The van der Waals surface area contributed by atoms with Gasteiger partial charge in [-0.15, -0.1) is 11.3 Å². The predicted molar refractivity (Wildman–Crippen MR) is 132 cm³/mol. The van der Waals surface area contributed by atoms with Gasteiger partial charge >= 0.3 is 0 Å². The summed E-state index contributed by atoms with van der Waals surface area (Å²) in [7, 11) is 0. The molecule has 33 heavy (non-hydrogen) atoms. The molecule has 1 saturated heterocycles. The molecular weight excluding hydrogens is 436 g/mol. The molecule has 1 aromatic carbocycles. The second-order valence-electron chi connectivity index (χ2n) is 9.58. The summed E-state index contributed by atoms with van der Waals surface area (Å²) < 4.78 is 5.66. The Kier molecular flexibility index (Phi) is 6.97. The van der Waals surface area contributed by atoms with E-state index in [1.54, 1.807) is 6.33 Å². The van der Waals surface area contributed by atoms with Crippen LogP contribution in [-0.4, -0.2) is 53.9 Å². The number of aryl methyl sites for hydroxylation is 1. The Morgan fingerprint density at radius 2 is 1.94 bits per heavy atom. The van der Waals surface area contributed by atoms with E-state index in [1.165, 1.54) is 16.9 Å². The summed E-state index contributed by atoms with van der Waals surface area (Å²) in [5.41, 5.74) is 1.77. The van der Waals surface area contributed by atoms with Crippen LogP contribution in [0.3, 0.4) is 0 Å². The van der Waals surface area contributed by atoms with Crippen molar-refractivity contribution in [1.29, 1.82) is 0 Å². The Morgan fingerprint density at radius 1 is 1.21 bits per heavy atom. The number of benzene rings is 1. The highest BCUT2D eigenvalue weighted by Gasteiger charge is 2.34. The smallest absolute Gasteiger partial charge is 0.261 e. The summed E-state index contributed by atoms with van der Waals surface area (Å²) in [6, 6.07) is 10.6. The zero-order chi connectivity index (χ0) is 23.5. The molecule has 0 spiro atoms. The lowest BCUT2D eigenvalue weighted by Gasteiger charge is -2.38. The summed E-state index contributed by atoms with van der Waals surface area (Å²) in [4.78, 5) is 23.3. The molecule has 2 aromatic heterocycles. The van der Waals surface area contributed by atoms with E-state index in [0.717, 1.165) is 54.2 Å². The molecule has 1 amide bonds. The van der Waals surface area contributed by atoms with Crippen molar-refractivity contribution in [1.82, 2.24) is 15.3 Å². The minimum Gasteiger partial charge on any atom is -0.396 e. The van der Waals surface area contributed by atoms with Gasteiger partial charge in [-0.2, -0.15) is 0 Å². The lowest BCUT2D eigenvalue weighted by atomic mass is 9.74. The maximum Gasteiger partial charge on any atom is 0.261 e. The van der Waals surface area contributed by atoms with Crippen LogP contribution in [-0.2, 0) is 10.2 Å². The number of hydrogen-bond donors (Lipinski definition) is 3. The number of thiophene rings is 1. The largest absolute Gasteiger partial charge is 0.396 e. The van der Waals surface area contributed by atoms with Crippen molar-refractivity contribution >= 4 is 33.3 Å². The molecule has 0 aliphatic carbocycles. The van der Waals surface area contributed by atoms with Crippen molar-refractivity contribution in [3.63, 3.8) is 0 Å². The zero-order valence-corrected chi connectivity index (χ0v) is 20.3. The number of anilines is 1. The van der Waals surface area contributed by atoms with Gasteiger partial charge in [-0.05, 0) is 30.9 Å². The Hall–Kier alpha value is -2.55. The normalized spacial score (nSPS) is 16.0. The molecule has 1 fully saturated rings. The second kappa shape index (κ2) is 9.75. The quantitative estimate of drug-likeness (QED) is 0.464. The van der Waals surface area contributed by atoms with Crippen molar-refractivity contribution in [2.45, 2.75) is 39.0 Å². The third-order valence-corrected chi connectivity index (χ3v) is 7.72. The number of aliphatic hydroxyl groups is 1. The number of fused-ring (bicyclic) bond motifs is 1. The Morgan fingerprint density at radius 3 is 2.64 bits per heavy atom. The molecule has 1 aliphatic rings. The van der Waals surface area contributed by atoms with E-state index >= 15 is 0 Å². The minimum absolute atomic E-state index is 0.00638. The van der Waals surface area contributed by atoms with Gasteiger partial charge in [0.15, 0.2) is 0 Å². The highest BCUT2D eigenvalue weighted by molar-refractivity contribution is 7.20. The van der Waals surface area contributed by atoms with Gasteiger partial charge in [-0.3, -0.25) is 4.79 Å². The first kappa shape index (κ1) is 23.6. The molecule has 3 N–H and O–H groups in total. The predicted octanol–water partition coefficient (Wildman–Crippen LogP) is 3.91. The molecule has 7 nitrogen and oxygen atoms in total. The molecule has 1 aliphatic heterocycles. The van der Waals surface area contributed by atoms with Crippen LogP contribution in [0.4, 0.5) is 5.82 Å². The van der Waals surface area contributed by atoms with Crippen molar-refractivity contribution in [3.05, 3.63) is 52.7 Å². The molecule has 0 radical (unpaired) electrons. The fourth-order valence-corrected chi connectivity index (χ4v) is 5.32. The van der Waals surface area contributed by atoms with Crippen molar-refractivity contribution in [3.8, 4) is 0 Å². The van der Waals surface area contributed by atoms with Crippen molar-refractivity contribution in [2.75, 3.05) is 38.2 Å². The van der Waals surface area contributed by atoms with Gasteiger partial charge in [0.05, 0.1) is 10.3 Å². The fraction of sp³-hybridized carbons (Fsp3) is 0.480.